The third kappa shape index (κ3) is 2.95. The van der Waals surface area contributed by atoms with Crippen molar-refractivity contribution >= 4 is 28.4 Å². The molecule has 1 saturated heterocycles. The summed E-state index contributed by atoms with van der Waals surface area (Å²) in [6.07, 6.45) is 8.89. The number of hydrogen-bond donors (Lipinski definition) is 2. The van der Waals surface area contributed by atoms with Gasteiger partial charge in [0.15, 0.2) is 0 Å². The van der Waals surface area contributed by atoms with Crippen LogP contribution in [0.3, 0.4) is 0 Å². The number of fused-ring (bicyclic) bond motifs is 2. The first kappa shape index (κ1) is 17.5. The number of hydrogen-bond acceptors (Lipinski definition) is 3. The van der Waals surface area contributed by atoms with Crippen LogP contribution in [0.1, 0.15) is 50.5 Å². The van der Waals surface area contributed by atoms with Crippen LogP contribution < -0.4 is 0 Å². The van der Waals surface area contributed by atoms with E-state index in [1.807, 2.05) is 12.1 Å². The van der Waals surface area contributed by atoms with Crippen molar-refractivity contribution in [3.8, 4) is 0 Å². The largest absolute Gasteiger partial charge is 0.385 e. The van der Waals surface area contributed by atoms with Crippen LogP contribution in [0.5, 0.6) is 0 Å². The zero-order valence-electron chi connectivity index (χ0n) is 15.5. The predicted octanol–water partition coefficient (Wildman–Crippen LogP) is 3.85. The minimum atomic E-state index is -0.887. The summed E-state index contributed by atoms with van der Waals surface area (Å²) in [6, 6.07) is 3.72. The Morgan fingerprint density at radius 2 is 1.89 bits per heavy atom. The lowest BCUT2D eigenvalue weighted by Crippen LogP contribution is -2.37. The van der Waals surface area contributed by atoms with Gasteiger partial charge in [-0.1, -0.05) is 30.9 Å². The molecule has 3 aliphatic rings. The van der Waals surface area contributed by atoms with Gasteiger partial charge in [0, 0.05) is 29.4 Å². The first-order valence-electron chi connectivity index (χ1n) is 10.2. The van der Waals surface area contributed by atoms with Crippen LogP contribution in [0.2, 0.25) is 5.02 Å². The van der Waals surface area contributed by atoms with Crippen LogP contribution in [-0.4, -0.2) is 39.2 Å². The van der Waals surface area contributed by atoms with Gasteiger partial charge in [-0.3, -0.25) is 9.89 Å². The van der Waals surface area contributed by atoms with Crippen molar-refractivity contribution in [3.05, 3.63) is 28.9 Å². The monoisotopic (exact) mass is 387 g/mol. The van der Waals surface area contributed by atoms with E-state index in [0.29, 0.717) is 35.6 Å². The molecule has 1 aromatic heterocycles. The number of nitrogens with one attached hydrogen (secondary N) is 1. The summed E-state index contributed by atoms with van der Waals surface area (Å²) in [4.78, 5) is 15.0. The van der Waals surface area contributed by atoms with Gasteiger partial charge in [0.2, 0.25) is 5.91 Å². The van der Waals surface area contributed by atoms with E-state index < -0.39 is 5.60 Å². The van der Waals surface area contributed by atoms with E-state index in [1.54, 1.807) is 6.20 Å². The summed E-state index contributed by atoms with van der Waals surface area (Å²) in [5.41, 5.74) is 0.845. The van der Waals surface area contributed by atoms with Gasteiger partial charge in [-0.2, -0.15) is 5.10 Å². The van der Waals surface area contributed by atoms with E-state index in [4.69, 9.17) is 11.6 Å². The van der Waals surface area contributed by atoms with E-state index in [9.17, 15) is 9.90 Å². The highest BCUT2D eigenvalue weighted by atomic mass is 35.5. The number of halogens is 1. The Morgan fingerprint density at radius 3 is 2.59 bits per heavy atom. The molecule has 144 valence electrons. The molecule has 5 nitrogen and oxygen atoms in total. The normalized spacial score (nSPS) is 31.6. The van der Waals surface area contributed by atoms with E-state index in [2.05, 4.69) is 15.1 Å². The highest BCUT2D eigenvalue weighted by molar-refractivity contribution is 6.31. The number of nitrogens with zero attached hydrogens (tertiary/aromatic N) is 2. The summed E-state index contributed by atoms with van der Waals surface area (Å²) < 4.78 is 0. The van der Waals surface area contributed by atoms with Crippen LogP contribution in [0.4, 0.5) is 0 Å². The van der Waals surface area contributed by atoms with Crippen molar-refractivity contribution < 1.29 is 9.90 Å². The topological polar surface area (TPSA) is 69.2 Å². The van der Waals surface area contributed by atoms with Crippen LogP contribution in [-0.2, 0) is 10.4 Å². The van der Waals surface area contributed by atoms with E-state index in [0.717, 1.165) is 42.4 Å². The first-order valence-corrected chi connectivity index (χ1v) is 10.6. The average Bonchev–Trinajstić information content (AvgIpc) is 3.34. The van der Waals surface area contributed by atoms with Gasteiger partial charge >= 0.3 is 0 Å². The Bertz CT molecular complexity index is 859. The Kier molecular flexibility index (Phi) is 4.21. The molecule has 6 heteroatoms. The number of benzene rings is 1. The molecule has 2 aromatic rings. The number of carbonyl (C=O) groups is 1. The average molecular weight is 388 g/mol. The smallest absolute Gasteiger partial charge is 0.225 e. The number of aromatic nitrogens is 2. The highest BCUT2D eigenvalue weighted by Gasteiger charge is 2.51. The van der Waals surface area contributed by atoms with E-state index in [1.165, 1.54) is 19.3 Å². The molecular formula is C21H26ClN3O2. The molecule has 3 fully saturated rings. The number of likely N-dealkylation sites (tertiary alicyclic amines) is 1. The highest BCUT2D eigenvalue weighted by Crippen LogP contribution is 2.51. The molecule has 0 bridgehead atoms. The van der Waals surface area contributed by atoms with Gasteiger partial charge in [0.25, 0.3) is 0 Å². The lowest BCUT2D eigenvalue weighted by molar-refractivity contribution is -0.136. The molecule has 2 heterocycles. The summed E-state index contributed by atoms with van der Waals surface area (Å²) in [7, 11) is 0. The molecule has 1 aromatic carbocycles. The minimum Gasteiger partial charge on any atom is -0.385 e. The molecule has 2 aliphatic carbocycles. The van der Waals surface area contributed by atoms with Crippen molar-refractivity contribution in [1.82, 2.24) is 15.1 Å². The SMILES string of the molecule is O=C(C1CCCCC1)N1C[C@@H]2C[C@](O)(c3cc(Cl)cc4[nH]ncc34)C[C@@H]2C1. The molecule has 3 atom stereocenters. The van der Waals surface area contributed by atoms with Gasteiger partial charge < -0.3 is 10.0 Å². The van der Waals surface area contributed by atoms with Crippen molar-refractivity contribution in [2.45, 2.75) is 50.5 Å². The first-order chi connectivity index (χ1) is 13.0. The second-order valence-corrected chi connectivity index (χ2v) is 9.26. The fraction of sp³-hybridized carbons (Fsp3) is 0.619. The van der Waals surface area contributed by atoms with E-state index >= 15 is 0 Å². The molecule has 2 saturated carbocycles. The number of amides is 1. The number of aliphatic hydroxyl groups is 1. The number of aromatic amines is 1. The van der Waals surface area contributed by atoms with Gasteiger partial charge in [-0.05, 0) is 55.2 Å². The van der Waals surface area contributed by atoms with Crippen LogP contribution >= 0.6 is 11.6 Å². The number of rotatable bonds is 2. The molecule has 1 aliphatic heterocycles. The van der Waals surface area contributed by atoms with Crippen molar-refractivity contribution in [2.24, 2.45) is 17.8 Å². The molecule has 5 rings (SSSR count). The molecule has 2 N–H and O–H groups in total. The fourth-order valence-electron chi connectivity index (χ4n) is 5.76. The lowest BCUT2D eigenvalue weighted by Gasteiger charge is -2.29. The third-order valence-corrected chi connectivity index (χ3v) is 7.29. The summed E-state index contributed by atoms with van der Waals surface area (Å²) in [5.74, 6) is 1.31. The van der Waals surface area contributed by atoms with Gasteiger partial charge in [0.1, 0.15) is 0 Å². The quantitative estimate of drug-likeness (QED) is 0.822. The Morgan fingerprint density at radius 1 is 1.19 bits per heavy atom. The zero-order chi connectivity index (χ0) is 18.6. The fourth-order valence-corrected chi connectivity index (χ4v) is 5.98. The standard InChI is InChI=1S/C21H26ClN3O2/c22-16-6-18(17-10-23-24-19(17)7-16)21(27)8-14-11-25(12-15(14)9-21)20(26)13-4-2-1-3-5-13/h6-7,10,13-15,27H,1-5,8-9,11-12H2,(H,23,24)/t14-,15+,21+. The zero-order valence-corrected chi connectivity index (χ0v) is 16.2. The maximum Gasteiger partial charge on any atom is 0.225 e. The van der Waals surface area contributed by atoms with Crippen molar-refractivity contribution in [2.75, 3.05) is 13.1 Å². The molecule has 0 radical (unpaired) electrons. The lowest BCUT2D eigenvalue weighted by atomic mass is 9.87. The summed E-state index contributed by atoms with van der Waals surface area (Å²) >= 11 is 6.28. The molecular weight excluding hydrogens is 362 g/mol. The van der Waals surface area contributed by atoms with Crippen LogP contribution in [0.25, 0.3) is 10.9 Å². The van der Waals surface area contributed by atoms with Gasteiger partial charge in [0.05, 0.1) is 17.3 Å². The predicted molar refractivity (Wildman–Crippen MR) is 104 cm³/mol. The van der Waals surface area contributed by atoms with E-state index in [-0.39, 0.29) is 5.92 Å². The maximum atomic E-state index is 12.9. The Labute approximate surface area is 164 Å². The molecule has 0 spiro atoms. The number of carbonyl (C=O) groups excluding carboxylic acids is 1. The van der Waals surface area contributed by atoms with Crippen molar-refractivity contribution in [1.29, 1.82) is 0 Å². The Hall–Kier alpha value is -1.59. The second-order valence-electron chi connectivity index (χ2n) is 8.82. The summed E-state index contributed by atoms with van der Waals surface area (Å²) in [6.45, 7) is 1.58. The third-order valence-electron chi connectivity index (χ3n) is 7.07. The maximum absolute atomic E-state index is 12.9. The molecule has 27 heavy (non-hydrogen) atoms. The van der Waals surface area contributed by atoms with Crippen molar-refractivity contribution in [3.63, 3.8) is 0 Å². The molecule has 0 unspecified atom stereocenters. The second kappa shape index (κ2) is 6.49. The number of H-pyrrole nitrogens is 1. The van der Waals surface area contributed by atoms with Gasteiger partial charge in [-0.15, -0.1) is 0 Å². The minimum absolute atomic E-state index is 0.231. The van der Waals surface area contributed by atoms with Gasteiger partial charge in [-0.25, -0.2) is 0 Å². The summed E-state index contributed by atoms with van der Waals surface area (Å²) in [5, 5.41) is 20.1. The Balaban J connectivity index is 1.34. The van der Waals surface area contributed by atoms with Crippen LogP contribution in [0.15, 0.2) is 18.3 Å². The molecule has 1 amide bonds. The van der Waals surface area contributed by atoms with Crippen LogP contribution in [0, 0.1) is 17.8 Å².